The normalized spacial score (nSPS) is 17.6. The van der Waals surface area contributed by atoms with E-state index < -0.39 is 17.8 Å². The molecule has 0 aliphatic heterocycles. The first-order valence-electron chi connectivity index (χ1n) is 10.3. The summed E-state index contributed by atoms with van der Waals surface area (Å²) in [6, 6.07) is 13.0. The predicted octanol–water partition coefficient (Wildman–Crippen LogP) is 7.20. The lowest BCUT2D eigenvalue weighted by Crippen LogP contribution is -2.26. The number of fused-ring (bicyclic) bond motifs is 1. The van der Waals surface area contributed by atoms with E-state index >= 15 is 0 Å². The first kappa shape index (κ1) is 21.5. The van der Waals surface area contributed by atoms with Crippen LogP contribution in [0.4, 0.5) is 22.0 Å². The van der Waals surface area contributed by atoms with Crippen LogP contribution in [0.5, 0.6) is 0 Å². The van der Waals surface area contributed by atoms with Crippen molar-refractivity contribution in [1.82, 2.24) is 9.38 Å². The highest BCUT2D eigenvalue weighted by molar-refractivity contribution is 5.71. The van der Waals surface area contributed by atoms with Crippen molar-refractivity contribution in [3.8, 4) is 0 Å². The molecule has 0 N–H and O–H groups in total. The number of aromatic nitrogens is 2. The minimum atomic E-state index is -4.60. The molecule has 1 saturated carbocycles. The number of rotatable bonds is 4. The summed E-state index contributed by atoms with van der Waals surface area (Å²) in [7, 11) is 0. The maximum absolute atomic E-state index is 13.8. The average molecular weight is 434 g/mol. The average Bonchev–Trinajstić information content (AvgIpc) is 3.08. The Bertz CT molecular complexity index is 1090. The standard InChI is InChI=1S/C24H23F5N2/c1-16-13-19(8-7-17-5-3-2-4-6-17)15-21-30-22(24(27,28)29)20(31(16)21)14-18-9-11-23(25,26)12-10-18/h2-8,13,15,18H,9-12,14H2,1H3/b8-7+. The summed E-state index contributed by atoms with van der Waals surface area (Å²) in [4.78, 5) is 3.91. The molecule has 0 unspecified atom stereocenters. The number of nitrogens with zero attached hydrogens (tertiary/aromatic N) is 2. The second-order valence-electron chi connectivity index (χ2n) is 8.28. The van der Waals surface area contributed by atoms with Gasteiger partial charge in [0.1, 0.15) is 5.65 Å². The van der Waals surface area contributed by atoms with E-state index in [9.17, 15) is 22.0 Å². The molecule has 4 rings (SSSR count). The fourth-order valence-electron chi connectivity index (χ4n) is 4.31. The van der Waals surface area contributed by atoms with E-state index in [0.717, 1.165) is 11.1 Å². The van der Waals surface area contributed by atoms with Crippen molar-refractivity contribution in [1.29, 1.82) is 0 Å². The molecule has 31 heavy (non-hydrogen) atoms. The summed E-state index contributed by atoms with van der Waals surface area (Å²) in [5, 5.41) is 0. The van der Waals surface area contributed by atoms with Crippen LogP contribution in [0.3, 0.4) is 0 Å². The van der Waals surface area contributed by atoms with E-state index in [1.807, 2.05) is 48.6 Å². The van der Waals surface area contributed by atoms with E-state index in [1.165, 1.54) is 4.40 Å². The molecule has 1 aliphatic rings. The summed E-state index contributed by atoms with van der Waals surface area (Å²) in [5.74, 6) is -2.92. The van der Waals surface area contributed by atoms with Gasteiger partial charge in [0.2, 0.25) is 5.92 Å². The fourth-order valence-corrected chi connectivity index (χ4v) is 4.31. The lowest BCUT2D eigenvalue weighted by molar-refractivity contribution is -0.141. The molecule has 0 saturated heterocycles. The third kappa shape index (κ3) is 4.81. The van der Waals surface area contributed by atoms with Crippen molar-refractivity contribution < 1.29 is 22.0 Å². The number of halogens is 5. The Labute approximate surface area is 177 Å². The zero-order valence-electron chi connectivity index (χ0n) is 17.1. The molecule has 0 atom stereocenters. The molecule has 1 aliphatic carbocycles. The molecule has 1 fully saturated rings. The molecule has 3 aromatic rings. The van der Waals surface area contributed by atoms with Crippen LogP contribution in [-0.4, -0.2) is 15.3 Å². The molecule has 0 radical (unpaired) electrons. The van der Waals surface area contributed by atoms with Crippen molar-refractivity contribution in [2.24, 2.45) is 5.92 Å². The van der Waals surface area contributed by atoms with Crippen LogP contribution in [0.2, 0.25) is 0 Å². The molecule has 0 bridgehead atoms. The second-order valence-corrected chi connectivity index (χ2v) is 8.28. The van der Waals surface area contributed by atoms with Gasteiger partial charge in [-0.25, -0.2) is 13.8 Å². The molecule has 0 amide bonds. The highest BCUT2D eigenvalue weighted by Gasteiger charge is 2.40. The second kappa shape index (κ2) is 8.09. The van der Waals surface area contributed by atoms with Gasteiger partial charge in [0.15, 0.2) is 5.69 Å². The summed E-state index contributed by atoms with van der Waals surface area (Å²) in [6.07, 6.45) is -0.900. The summed E-state index contributed by atoms with van der Waals surface area (Å²) >= 11 is 0. The third-order valence-corrected chi connectivity index (χ3v) is 5.88. The van der Waals surface area contributed by atoms with Crippen LogP contribution >= 0.6 is 0 Å². The molecule has 7 heteroatoms. The van der Waals surface area contributed by atoms with Gasteiger partial charge in [-0.2, -0.15) is 13.2 Å². The summed E-state index contributed by atoms with van der Waals surface area (Å²) < 4.78 is 69.7. The first-order chi connectivity index (χ1) is 14.6. The van der Waals surface area contributed by atoms with E-state index in [2.05, 4.69) is 4.98 Å². The monoisotopic (exact) mass is 434 g/mol. The first-order valence-corrected chi connectivity index (χ1v) is 10.3. The third-order valence-electron chi connectivity index (χ3n) is 5.88. The maximum Gasteiger partial charge on any atom is 0.435 e. The largest absolute Gasteiger partial charge is 0.435 e. The molecule has 0 spiro atoms. The number of pyridine rings is 1. The van der Waals surface area contributed by atoms with Gasteiger partial charge in [-0.15, -0.1) is 0 Å². The highest BCUT2D eigenvalue weighted by Crippen LogP contribution is 2.40. The molecule has 164 valence electrons. The van der Waals surface area contributed by atoms with Crippen LogP contribution in [-0.2, 0) is 12.6 Å². The molecule has 2 heterocycles. The Hall–Kier alpha value is -2.70. The zero-order valence-corrected chi connectivity index (χ0v) is 17.1. The van der Waals surface area contributed by atoms with Crippen LogP contribution < -0.4 is 0 Å². The van der Waals surface area contributed by atoms with Crippen molar-refractivity contribution in [3.63, 3.8) is 0 Å². The van der Waals surface area contributed by atoms with Crippen molar-refractivity contribution in [2.45, 2.75) is 51.1 Å². The topological polar surface area (TPSA) is 17.3 Å². The predicted molar refractivity (Wildman–Crippen MR) is 111 cm³/mol. The van der Waals surface area contributed by atoms with Crippen molar-refractivity contribution in [3.05, 3.63) is 70.7 Å². The SMILES string of the molecule is Cc1cc(/C=C/c2ccccc2)cc2nc(C(F)(F)F)c(CC3CCC(F)(F)CC3)n12. The van der Waals surface area contributed by atoms with Crippen LogP contribution in [0.15, 0.2) is 42.5 Å². The van der Waals surface area contributed by atoms with Crippen LogP contribution in [0.1, 0.15) is 53.9 Å². The lowest BCUT2D eigenvalue weighted by atomic mass is 9.83. The maximum atomic E-state index is 13.8. The lowest BCUT2D eigenvalue weighted by Gasteiger charge is -2.28. The number of hydrogen-bond acceptors (Lipinski definition) is 1. The molecular weight excluding hydrogens is 411 g/mol. The van der Waals surface area contributed by atoms with Gasteiger partial charge in [-0.05, 0) is 55.4 Å². The number of alkyl halides is 5. The van der Waals surface area contributed by atoms with E-state index in [0.29, 0.717) is 5.69 Å². The van der Waals surface area contributed by atoms with Crippen molar-refractivity contribution in [2.75, 3.05) is 0 Å². The minimum absolute atomic E-state index is 0.0637. The number of benzene rings is 1. The van der Waals surface area contributed by atoms with Crippen LogP contribution in [0, 0.1) is 12.8 Å². The van der Waals surface area contributed by atoms with E-state index in [1.54, 1.807) is 13.0 Å². The van der Waals surface area contributed by atoms with Crippen molar-refractivity contribution >= 4 is 17.8 Å². The highest BCUT2D eigenvalue weighted by atomic mass is 19.4. The van der Waals surface area contributed by atoms with Gasteiger partial charge in [0, 0.05) is 18.5 Å². The van der Waals surface area contributed by atoms with Gasteiger partial charge in [-0.1, -0.05) is 42.5 Å². The van der Waals surface area contributed by atoms with E-state index in [-0.39, 0.29) is 49.4 Å². The Kier molecular flexibility index (Phi) is 5.62. The van der Waals surface area contributed by atoms with Gasteiger partial charge in [0.05, 0.1) is 5.69 Å². The Morgan fingerprint density at radius 3 is 2.32 bits per heavy atom. The Morgan fingerprint density at radius 2 is 1.68 bits per heavy atom. The quantitative estimate of drug-likeness (QED) is 0.397. The molecular formula is C24H23F5N2. The summed E-state index contributed by atoms with van der Waals surface area (Å²) in [6.45, 7) is 1.74. The smallest absolute Gasteiger partial charge is 0.301 e. The fraction of sp³-hybridized carbons (Fsp3) is 0.375. The van der Waals surface area contributed by atoms with Gasteiger partial charge < -0.3 is 4.40 Å². The summed E-state index contributed by atoms with van der Waals surface area (Å²) in [5.41, 5.74) is 1.72. The molecule has 2 nitrogen and oxygen atoms in total. The van der Waals surface area contributed by atoms with E-state index in [4.69, 9.17) is 0 Å². The molecule has 2 aromatic heterocycles. The van der Waals surface area contributed by atoms with Crippen LogP contribution in [0.25, 0.3) is 17.8 Å². The number of hydrogen-bond donors (Lipinski definition) is 0. The number of imidazole rings is 1. The Balaban J connectivity index is 1.70. The van der Waals surface area contributed by atoms with Gasteiger partial charge >= 0.3 is 6.18 Å². The Morgan fingerprint density at radius 1 is 1.03 bits per heavy atom. The van der Waals surface area contributed by atoms with Gasteiger partial charge in [0.25, 0.3) is 0 Å². The molecule has 1 aromatic carbocycles. The number of aryl methyl sites for hydroxylation is 1. The minimum Gasteiger partial charge on any atom is -0.301 e. The van der Waals surface area contributed by atoms with Gasteiger partial charge in [-0.3, -0.25) is 0 Å². The zero-order chi connectivity index (χ0) is 22.2.